The zero-order chi connectivity index (χ0) is 11.9. The summed E-state index contributed by atoms with van der Waals surface area (Å²) in [6.07, 6.45) is 0. The van der Waals surface area contributed by atoms with Gasteiger partial charge in [0.25, 0.3) is 5.56 Å². The van der Waals surface area contributed by atoms with E-state index < -0.39 is 5.97 Å². The standard InChI is InChI=1S/C12H11NO3/c1-7-10(12(15)16)8-5-3-4-6-9(8)11(14)13(7)2/h3-6H,1-2H3,(H,15,16). The monoisotopic (exact) mass is 217 g/mol. The molecule has 0 spiro atoms. The van der Waals surface area contributed by atoms with Gasteiger partial charge in [0.05, 0.1) is 5.56 Å². The third-order valence-corrected chi connectivity index (χ3v) is 2.81. The van der Waals surface area contributed by atoms with Crippen LogP contribution in [0, 0.1) is 6.92 Å². The fraction of sp³-hybridized carbons (Fsp3) is 0.167. The Kier molecular flexibility index (Phi) is 2.27. The normalized spacial score (nSPS) is 10.6. The summed E-state index contributed by atoms with van der Waals surface area (Å²) in [7, 11) is 1.58. The molecule has 1 heterocycles. The third kappa shape index (κ3) is 1.31. The van der Waals surface area contributed by atoms with Crippen LogP contribution in [0.5, 0.6) is 0 Å². The molecule has 0 atom stereocenters. The van der Waals surface area contributed by atoms with Crippen molar-refractivity contribution < 1.29 is 9.90 Å². The largest absolute Gasteiger partial charge is 0.478 e. The topological polar surface area (TPSA) is 59.3 Å². The van der Waals surface area contributed by atoms with Crippen molar-refractivity contribution in [3.63, 3.8) is 0 Å². The summed E-state index contributed by atoms with van der Waals surface area (Å²) in [5.41, 5.74) is 0.493. The number of pyridine rings is 1. The van der Waals surface area contributed by atoms with Crippen LogP contribution in [0.3, 0.4) is 0 Å². The van der Waals surface area contributed by atoms with Gasteiger partial charge in [-0.1, -0.05) is 18.2 Å². The summed E-state index contributed by atoms with van der Waals surface area (Å²) >= 11 is 0. The van der Waals surface area contributed by atoms with E-state index in [-0.39, 0.29) is 11.1 Å². The zero-order valence-corrected chi connectivity index (χ0v) is 9.02. The quantitative estimate of drug-likeness (QED) is 0.788. The highest BCUT2D eigenvalue weighted by atomic mass is 16.4. The van der Waals surface area contributed by atoms with Gasteiger partial charge < -0.3 is 9.67 Å². The number of aromatic nitrogens is 1. The number of carbonyl (C=O) groups is 1. The Balaban J connectivity index is 3.10. The van der Waals surface area contributed by atoms with E-state index in [0.717, 1.165) is 0 Å². The Labute approximate surface area is 91.8 Å². The highest BCUT2D eigenvalue weighted by Crippen LogP contribution is 2.18. The van der Waals surface area contributed by atoms with Crippen LogP contribution < -0.4 is 5.56 Å². The maximum Gasteiger partial charge on any atom is 0.338 e. The molecule has 82 valence electrons. The van der Waals surface area contributed by atoms with Crippen molar-refractivity contribution in [2.75, 3.05) is 0 Å². The molecule has 0 unspecified atom stereocenters. The predicted molar refractivity (Wildman–Crippen MR) is 60.9 cm³/mol. The fourth-order valence-electron chi connectivity index (χ4n) is 1.85. The molecule has 0 radical (unpaired) electrons. The van der Waals surface area contributed by atoms with Crippen molar-refractivity contribution in [1.82, 2.24) is 4.57 Å². The van der Waals surface area contributed by atoms with Gasteiger partial charge in [-0.25, -0.2) is 4.79 Å². The average Bonchev–Trinajstić information content (AvgIpc) is 2.26. The lowest BCUT2D eigenvalue weighted by Gasteiger charge is -2.10. The summed E-state index contributed by atoms with van der Waals surface area (Å²) in [5.74, 6) is -1.01. The lowest BCUT2D eigenvalue weighted by Crippen LogP contribution is -2.22. The second-order valence-corrected chi connectivity index (χ2v) is 3.68. The summed E-state index contributed by atoms with van der Waals surface area (Å²) in [6.45, 7) is 1.64. The van der Waals surface area contributed by atoms with Crippen LogP contribution >= 0.6 is 0 Å². The SMILES string of the molecule is Cc1c(C(=O)O)c2ccccc2c(=O)n1C. The van der Waals surface area contributed by atoms with E-state index >= 15 is 0 Å². The van der Waals surface area contributed by atoms with Gasteiger partial charge in [-0.15, -0.1) is 0 Å². The molecule has 4 heteroatoms. The van der Waals surface area contributed by atoms with Crippen LogP contribution in [0.4, 0.5) is 0 Å². The van der Waals surface area contributed by atoms with Crippen molar-refractivity contribution in [2.45, 2.75) is 6.92 Å². The molecule has 0 bridgehead atoms. The van der Waals surface area contributed by atoms with Crippen molar-refractivity contribution in [1.29, 1.82) is 0 Å². The Morgan fingerprint density at radius 3 is 2.38 bits per heavy atom. The van der Waals surface area contributed by atoms with Gasteiger partial charge in [-0.05, 0) is 13.0 Å². The van der Waals surface area contributed by atoms with Crippen LogP contribution in [-0.4, -0.2) is 15.6 Å². The van der Waals surface area contributed by atoms with E-state index in [2.05, 4.69) is 0 Å². The molecule has 1 N–H and O–H groups in total. The van der Waals surface area contributed by atoms with E-state index in [1.165, 1.54) is 4.57 Å². The van der Waals surface area contributed by atoms with Crippen LogP contribution in [0.1, 0.15) is 16.1 Å². The lowest BCUT2D eigenvalue weighted by atomic mass is 10.0. The van der Waals surface area contributed by atoms with Gasteiger partial charge in [-0.3, -0.25) is 4.79 Å². The number of fused-ring (bicyclic) bond motifs is 1. The van der Waals surface area contributed by atoms with E-state index in [0.29, 0.717) is 16.5 Å². The molecule has 2 rings (SSSR count). The number of carboxylic acid groups (broad SMARTS) is 1. The van der Waals surface area contributed by atoms with Gasteiger partial charge >= 0.3 is 5.97 Å². The zero-order valence-electron chi connectivity index (χ0n) is 9.02. The first-order valence-corrected chi connectivity index (χ1v) is 4.85. The number of hydrogen-bond acceptors (Lipinski definition) is 2. The third-order valence-electron chi connectivity index (χ3n) is 2.81. The first-order valence-electron chi connectivity index (χ1n) is 4.85. The van der Waals surface area contributed by atoms with Gasteiger partial charge in [0.2, 0.25) is 0 Å². The van der Waals surface area contributed by atoms with Crippen molar-refractivity contribution in [3.8, 4) is 0 Å². The summed E-state index contributed by atoms with van der Waals surface area (Å²) in [6, 6.07) is 6.76. The summed E-state index contributed by atoms with van der Waals surface area (Å²) < 4.78 is 1.37. The van der Waals surface area contributed by atoms with Gasteiger partial charge in [0.15, 0.2) is 0 Å². The number of carboxylic acids is 1. The molecule has 0 fully saturated rings. The minimum absolute atomic E-state index is 0.168. The van der Waals surface area contributed by atoms with E-state index in [1.807, 2.05) is 0 Å². The first kappa shape index (κ1) is 10.4. The number of aromatic carboxylic acids is 1. The minimum Gasteiger partial charge on any atom is -0.478 e. The molecule has 1 aromatic heterocycles. The van der Waals surface area contributed by atoms with Crippen LogP contribution in [0.2, 0.25) is 0 Å². The Morgan fingerprint density at radius 2 is 1.81 bits per heavy atom. The van der Waals surface area contributed by atoms with Crippen LogP contribution in [0.25, 0.3) is 10.8 Å². The Bertz CT molecular complexity index is 640. The Hall–Kier alpha value is -2.10. The molecule has 4 nitrogen and oxygen atoms in total. The predicted octanol–water partition coefficient (Wildman–Crippen LogP) is 1.55. The van der Waals surface area contributed by atoms with E-state index in [4.69, 9.17) is 5.11 Å². The molecule has 0 amide bonds. The van der Waals surface area contributed by atoms with Gasteiger partial charge in [0.1, 0.15) is 0 Å². The summed E-state index contributed by atoms with van der Waals surface area (Å²) in [4.78, 5) is 23.1. The second kappa shape index (κ2) is 3.48. The first-order chi connectivity index (χ1) is 7.54. The molecular formula is C12H11NO3. The maximum absolute atomic E-state index is 11.9. The second-order valence-electron chi connectivity index (χ2n) is 3.68. The minimum atomic E-state index is -1.01. The number of benzene rings is 1. The van der Waals surface area contributed by atoms with Crippen LogP contribution in [0.15, 0.2) is 29.1 Å². The molecule has 0 saturated carbocycles. The van der Waals surface area contributed by atoms with E-state index in [1.54, 1.807) is 38.2 Å². The summed E-state index contributed by atoms with van der Waals surface area (Å²) in [5, 5.41) is 10.1. The van der Waals surface area contributed by atoms with E-state index in [9.17, 15) is 9.59 Å². The highest BCUT2D eigenvalue weighted by molar-refractivity contribution is 6.04. The van der Waals surface area contributed by atoms with Crippen molar-refractivity contribution in [2.24, 2.45) is 7.05 Å². The van der Waals surface area contributed by atoms with Crippen molar-refractivity contribution >= 4 is 16.7 Å². The van der Waals surface area contributed by atoms with Crippen molar-refractivity contribution in [3.05, 3.63) is 45.9 Å². The lowest BCUT2D eigenvalue weighted by molar-refractivity contribution is 0.0697. The Morgan fingerprint density at radius 1 is 1.25 bits per heavy atom. The molecular weight excluding hydrogens is 206 g/mol. The average molecular weight is 217 g/mol. The fourth-order valence-corrected chi connectivity index (χ4v) is 1.85. The molecule has 2 aromatic rings. The molecule has 1 aromatic carbocycles. The smallest absolute Gasteiger partial charge is 0.338 e. The van der Waals surface area contributed by atoms with Gasteiger partial charge in [0, 0.05) is 23.5 Å². The molecule has 0 aliphatic heterocycles. The molecule has 0 saturated heterocycles. The van der Waals surface area contributed by atoms with Gasteiger partial charge in [-0.2, -0.15) is 0 Å². The maximum atomic E-state index is 11.9. The molecule has 16 heavy (non-hydrogen) atoms. The highest BCUT2D eigenvalue weighted by Gasteiger charge is 2.16. The number of rotatable bonds is 1. The molecule has 0 aliphatic rings. The number of hydrogen-bond donors (Lipinski definition) is 1. The molecule has 0 aliphatic carbocycles. The number of nitrogens with zero attached hydrogens (tertiary/aromatic N) is 1. The van der Waals surface area contributed by atoms with Crippen LogP contribution in [-0.2, 0) is 7.05 Å².